The monoisotopic (exact) mass is 246 g/mol. The van der Waals surface area contributed by atoms with Crippen LogP contribution in [0.1, 0.15) is 0 Å². The Hall–Kier alpha value is -1.61. The fourth-order valence-electron chi connectivity index (χ4n) is 0.806. The highest BCUT2D eigenvalue weighted by molar-refractivity contribution is 8.27. The summed E-state index contributed by atoms with van der Waals surface area (Å²) in [5.41, 5.74) is 0. The van der Waals surface area contributed by atoms with E-state index in [1.54, 1.807) is 0 Å². The van der Waals surface area contributed by atoms with Crippen LogP contribution in [0.5, 0.6) is 0 Å². The third-order valence-corrected chi connectivity index (χ3v) is 2.39. The molecule has 9 heteroatoms. The van der Waals surface area contributed by atoms with Crippen molar-refractivity contribution in [3.63, 3.8) is 0 Å². The minimum absolute atomic E-state index is 1.10. The van der Waals surface area contributed by atoms with Gasteiger partial charge in [-0.15, -0.1) is 0 Å². The first kappa shape index (κ1) is 9.93. The van der Waals surface area contributed by atoms with Crippen molar-refractivity contribution in [2.75, 3.05) is 0 Å². The van der Waals surface area contributed by atoms with E-state index in [-0.39, 0.29) is 0 Å². The predicted molar refractivity (Wildman–Crippen MR) is 53.1 cm³/mol. The van der Waals surface area contributed by atoms with E-state index in [4.69, 9.17) is 8.57 Å². The fourth-order valence-corrected chi connectivity index (χ4v) is 1.85. The molecular formula is C6H6N4O3S2. The van der Waals surface area contributed by atoms with Crippen LogP contribution in [0.25, 0.3) is 0 Å². The summed E-state index contributed by atoms with van der Waals surface area (Å²) in [5.74, 6) is 0. The Kier molecular flexibility index (Phi) is 2.56. The molecule has 2 aromatic heterocycles. The van der Waals surface area contributed by atoms with Crippen molar-refractivity contribution < 1.29 is 12.8 Å². The topological polar surface area (TPSA) is 71.2 Å². The SMILES string of the molecule is O=S(=S)(On1ccnc1)On1ccnc1. The first-order chi connectivity index (χ1) is 7.16. The van der Waals surface area contributed by atoms with Crippen LogP contribution in [0.4, 0.5) is 0 Å². The molecule has 2 aromatic rings. The molecule has 7 nitrogen and oxygen atoms in total. The normalized spacial score (nSPS) is 11.2. The predicted octanol–water partition coefficient (Wildman–Crippen LogP) is -0.787. The van der Waals surface area contributed by atoms with Gasteiger partial charge in [-0.25, -0.2) is 9.97 Å². The summed E-state index contributed by atoms with van der Waals surface area (Å²) in [7, 11) is -3.35. The summed E-state index contributed by atoms with van der Waals surface area (Å²) in [6, 6.07) is 0. The number of nitrogens with zero attached hydrogens (tertiary/aromatic N) is 4. The van der Waals surface area contributed by atoms with E-state index in [1.165, 1.54) is 37.4 Å². The number of imidazole rings is 2. The number of hydrogen-bond acceptors (Lipinski definition) is 6. The van der Waals surface area contributed by atoms with Crippen molar-refractivity contribution in [2.24, 2.45) is 0 Å². The van der Waals surface area contributed by atoms with Crippen LogP contribution in [0.15, 0.2) is 37.4 Å². The van der Waals surface area contributed by atoms with Crippen LogP contribution in [-0.2, 0) is 20.2 Å². The number of aromatic nitrogens is 4. The lowest BCUT2D eigenvalue weighted by Crippen LogP contribution is -2.27. The maximum atomic E-state index is 11.6. The van der Waals surface area contributed by atoms with E-state index in [1.807, 2.05) is 0 Å². The zero-order valence-electron chi connectivity index (χ0n) is 7.29. The molecule has 0 aliphatic carbocycles. The summed E-state index contributed by atoms with van der Waals surface area (Å²) in [6.07, 6.45) is 8.43. The van der Waals surface area contributed by atoms with Crippen molar-refractivity contribution in [2.45, 2.75) is 0 Å². The lowest BCUT2D eigenvalue weighted by atomic mass is 11.0. The minimum atomic E-state index is -3.35. The summed E-state index contributed by atoms with van der Waals surface area (Å²) < 4.78 is 23.5. The maximum Gasteiger partial charge on any atom is 0.398 e. The molecule has 0 unspecified atom stereocenters. The molecule has 0 saturated carbocycles. The molecule has 80 valence electrons. The van der Waals surface area contributed by atoms with E-state index < -0.39 is 9.05 Å². The zero-order chi connectivity index (χ0) is 10.7. The Balaban J connectivity index is 2.08. The van der Waals surface area contributed by atoms with Gasteiger partial charge in [0.15, 0.2) is 0 Å². The first-order valence-corrected chi connectivity index (χ1v) is 6.10. The van der Waals surface area contributed by atoms with Gasteiger partial charge in [0.2, 0.25) is 0 Å². The van der Waals surface area contributed by atoms with E-state index in [2.05, 4.69) is 21.2 Å². The van der Waals surface area contributed by atoms with E-state index in [9.17, 15) is 4.21 Å². The number of rotatable bonds is 4. The molecule has 0 aliphatic rings. The molecule has 0 fully saturated rings. The van der Waals surface area contributed by atoms with Gasteiger partial charge in [-0.2, -0.15) is 13.7 Å². The van der Waals surface area contributed by atoms with Gasteiger partial charge in [0.1, 0.15) is 12.7 Å². The number of hydrogen-bond donors (Lipinski definition) is 0. The van der Waals surface area contributed by atoms with Crippen LogP contribution in [0.3, 0.4) is 0 Å². The average molecular weight is 246 g/mol. The van der Waals surface area contributed by atoms with Crippen LogP contribution in [-0.4, -0.2) is 23.6 Å². The van der Waals surface area contributed by atoms with Gasteiger partial charge in [-0.1, -0.05) is 0 Å². The molecule has 0 spiro atoms. The molecule has 0 atom stereocenters. The Labute approximate surface area is 90.3 Å². The summed E-state index contributed by atoms with van der Waals surface area (Å²) in [4.78, 5) is 7.39. The second-order valence-electron chi connectivity index (χ2n) is 2.40. The Morgan fingerprint density at radius 2 is 1.53 bits per heavy atom. The van der Waals surface area contributed by atoms with Gasteiger partial charge in [0.25, 0.3) is 0 Å². The van der Waals surface area contributed by atoms with Crippen LogP contribution < -0.4 is 8.57 Å². The second-order valence-corrected chi connectivity index (χ2v) is 4.74. The molecule has 0 amide bonds. The largest absolute Gasteiger partial charge is 0.398 e. The van der Waals surface area contributed by atoms with E-state index >= 15 is 0 Å². The minimum Gasteiger partial charge on any atom is -0.276 e. The quantitative estimate of drug-likeness (QED) is 0.704. The smallest absolute Gasteiger partial charge is 0.276 e. The van der Waals surface area contributed by atoms with Crippen molar-refractivity contribution in [3.8, 4) is 0 Å². The average Bonchev–Trinajstić information content (AvgIpc) is 2.75. The molecular weight excluding hydrogens is 240 g/mol. The lowest BCUT2D eigenvalue weighted by Gasteiger charge is -2.08. The Morgan fingerprint density at radius 3 is 1.87 bits per heavy atom. The highest BCUT2D eigenvalue weighted by Crippen LogP contribution is 1.92. The summed E-state index contributed by atoms with van der Waals surface area (Å²) in [5, 5.41) is 0. The van der Waals surface area contributed by atoms with Gasteiger partial charge in [-0.05, 0) is 0 Å². The van der Waals surface area contributed by atoms with E-state index in [0.717, 1.165) is 9.46 Å². The Morgan fingerprint density at radius 1 is 1.07 bits per heavy atom. The molecule has 0 saturated heterocycles. The summed E-state index contributed by atoms with van der Waals surface area (Å²) in [6.45, 7) is 0. The van der Waals surface area contributed by atoms with Crippen LogP contribution in [0.2, 0.25) is 0 Å². The zero-order valence-corrected chi connectivity index (χ0v) is 8.93. The molecule has 2 rings (SSSR count). The molecule has 2 heterocycles. The standard InChI is InChI=1S/C6H6N4O3S2/c11-15(14,12-9-3-1-7-5-9)13-10-4-2-8-6-10/h1-6H. The van der Waals surface area contributed by atoms with Crippen molar-refractivity contribution >= 4 is 20.2 Å². The van der Waals surface area contributed by atoms with Crippen molar-refractivity contribution in [1.29, 1.82) is 0 Å². The first-order valence-electron chi connectivity index (χ1n) is 3.76. The second kappa shape index (κ2) is 3.87. The molecule has 0 bridgehead atoms. The fraction of sp³-hybridized carbons (Fsp3) is 0. The van der Waals surface area contributed by atoms with Crippen molar-refractivity contribution in [3.05, 3.63) is 37.4 Å². The third kappa shape index (κ3) is 2.67. The molecule has 0 radical (unpaired) electrons. The maximum absolute atomic E-state index is 11.6. The molecule has 15 heavy (non-hydrogen) atoms. The highest BCUT2D eigenvalue weighted by Gasteiger charge is 2.10. The lowest BCUT2D eigenvalue weighted by molar-refractivity contribution is 0.211. The van der Waals surface area contributed by atoms with Crippen molar-refractivity contribution in [1.82, 2.24) is 19.4 Å². The van der Waals surface area contributed by atoms with Gasteiger partial charge >= 0.3 is 9.05 Å². The molecule has 0 aliphatic heterocycles. The van der Waals surface area contributed by atoms with Gasteiger partial charge in [0, 0.05) is 12.4 Å². The van der Waals surface area contributed by atoms with Gasteiger partial charge in [0.05, 0.1) is 23.6 Å². The summed E-state index contributed by atoms with van der Waals surface area (Å²) >= 11 is 4.63. The molecule has 0 aromatic carbocycles. The van der Waals surface area contributed by atoms with Crippen LogP contribution >= 0.6 is 0 Å². The highest BCUT2D eigenvalue weighted by atomic mass is 32.9. The van der Waals surface area contributed by atoms with Gasteiger partial charge in [-0.3, -0.25) is 8.57 Å². The Bertz CT molecular complexity index is 462. The van der Waals surface area contributed by atoms with Crippen LogP contribution in [0, 0.1) is 0 Å². The van der Waals surface area contributed by atoms with Gasteiger partial charge < -0.3 is 0 Å². The van der Waals surface area contributed by atoms with E-state index in [0.29, 0.717) is 0 Å². The molecule has 0 N–H and O–H groups in total. The third-order valence-electron chi connectivity index (χ3n) is 1.31.